The molecule has 6 nitrogen and oxygen atoms in total. The number of benzene rings is 2. The van der Waals surface area contributed by atoms with Gasteiger partial charge in [-0.15, -0.1) is 0 Å². The van der Waals surface area contributed by atoms with E-state index in [2.05, 4.69) is 0 Å². The predicted octanol–water partition coefficient (Wildman–Crippen LogP) is 4.35. The van der Waals surface area contributed by atoms with Crippen molar-refractivity contribution in [2.45, 2.75) is 51.5 Å². The Morgan fingerprint density at radius 3 is 2.21 bits per heavy atom. The molecular weight excluding hydrogens is 438 g/mol. The molecule has 7 heteroatoms. The molecule has 0 spiro atoms. The molecule has 0 N–H and O–H groups in total. The number of nitrogens with zero attached hydrogens (tertiary/aromatic N) is 1. The monoisotopic (exact) mass is 467 g/mol. The summed E-state index contributed by atoms with van der Waals surface area (Å²) in [5.74, 6) is -1.10. The number of ether oxygens (including phenoxy) is 1. The van der Waals surface area contributed by atoms with Crippen LogP contribution >= 0.6 is 0 Å². The lowest BCUT2D eigenvalue weighted by molar-refractivity contribution is -0.138. The molecule has 0 bridgehead atoms. The van der Waals surface area contributed by atoms with Crippen molar-refractivity contribution in [2.75, 3.05) is 6.61 Å². The molecular formula is C26H29NO5S. The van der Waals surface area contributed by atoms with Gasteiger partial charge in [0.2, 0.25) is 0 Å². The molecule has 0 aliphatic carbocycles. The molecule has 1 aliphatic heterocycles. The van der Waals surface area contributed by atoms with Gasteiger partial charge in [0.05, 0.1) is 17.5 Å². The number of aryl methyl sites for hydroxylation is 1. The molecule has 33 heavy (non-hydrogen) atoms. The van der Waals surface area contributed by atoms with E-state index in [4.69, 9.17) is 4.74 Å². The number of amides is 1. The largest absolute Gasteiger partial charge is 0.463 e. The summed E-state index contributed by atoms with van der Waals surface area (Å²) in [7, 11) is -4.14. The van der Waals surface area contributed by atoms with Crippen LogP contribution in [0.3, 0.4) is 0 Å². The Morgan fingerprint density at radius 1 is 1.00 bits per heavy atom. The van der Waals surface area contributed by atoms with Gasteiger partial charge in [0, 0.05) is 17.6 Å². The molecule has 0 radical (unpaired) electrons. The van der Waals surface area contributed by atoms with Crippen molar-refractivity contribution in [1.82, 2.24) is 4.31 Å². The molecule has 0 fully saturated rings. The highest BCUT2D eigenvalue weighted by atomic mass is 32.2. The van der Waals surface area contributed by atoms with Crippen molar-refractivity contribution in [2.24, 2.45) is 0 Å². The molecule has 0 saturated carbocycles. The second kappa shape index (κ2) is 10.2. The maximum Gasteiger partial charge on any atom is 0.334 e. The minimum atomic E-state index is -4.14. The first kappa shape index (κ1) is 24.5. The van der Waals surface area contributed by atoms with Gasteiger partial charge in [-0.1, -0.05) is 55.0 Å². The average Bonchev–Trinajstić information content (AvgIpc) is 2.80. The number of hydrogen-bond acceptors (Lipinski definition) is 5. The molecule has 0 saturated heterocycles. The van der Waals surface area contributed by atoms with Gasteiger partial charge in [0.25, 0.3) is 15.9 Å². The molecule has 1 unspecified atom stereocenters. The lowest BCUT2D eigenvalue weighted by Crippen LogP contribution is -2.48. The summed E-state index contributed by atoms with van der Waals surface area (Å²) >= 11 is 0. The molecule has 3 rings (SSSR count). The second-order valence-electron chi connectivity index (χ2n) is 7.99. The quantitative estimate of drug-likeness (QED) is 0.447. The molecule has 0 aromatic heterocycles. The van der Waals surface area contributed by atoms with Crippen LogP contribution < -0.4 is 0 Å². The fraction of sp³-hybridized carbons (Fsp3) is 0.308. The third-order valence-electron chi connectivity index (χ3n) is 5.61. The number of rotatable bonds is 7. The Hall–Kier alpha value is -3.19. The van der Waals surface area contributed by atoms with E-state index in [-0.39, 0.29) is 23.5 Å². The summed E-state index contributed by atoms with van der Waals surface area (Å²) in [6.45, 7) is 7.14. The third-order valence-corrected chi connectivity index (χ3v) is 7.42. The Balaban J connectivity index is 2.20. The highest BCUT2D eigenvalue weighted by Crippen LogP contribution is 2.33. The zero-order valence-corrected chi connectivity index (χ0v) is 20.2. The van der Waals surface area contributed by atoms with Gasteiger partial charge in [0.1, 0.15) is 0 Å². The van der Waals surface area contributed by atoms with Crippen molar-refractivity contribution < 1.29 is 22.7 Å². The first-order valence-electron chi connectivity index (χ1n) is 11.0. The maximum atomic E-state index is 13.6. The Morgan fingerprint density at radius 2 is 1.64 bits per heavy atom. The van der Waals surface area contributed by atoms with Gasteiger partial charge in [-0.3, -0.25) is 4.79 Å². The van der Waals surface area contributed by atoms with Crippen molar-refractivity contribution in [1.29, 1.82) is 0 Å². The fourth-order valence-electron chi connectivity index (χ4n) is 3.92. The van der Waals surface area contributed by atoms with Crippen LogP contribution in [0.4, 0.5) is 0 Å². The molecule has 174 valence electrons. The number of esters is 1. The van der Waals surface area contributed by atoms with Crippen LogP contribution in [-0.4, -0.2) is 37.2 Å². The molecule has 2 aromatic carbocycles. The van der Waals surface area contributed by atoms with Crippen LogP contribution in [0.2, 0.25) is 0 Å². The molecule has 1 heterocycles. The van der Waals surface area contributed by atoms with Gasteiger partial charge in [-0.25, -0.2) is 17.5 Å². The van der Waals surface area contributed by atoms with Gasteiger partial charge in [0.15, 0.2) is 0 Å². The average molecular weight is 468 g/mol. The van der Waals surface area contributed by atoms with Crippen LogP contribution in [0.1, 0.15) is 38.3 Å². The Bertz CT molecular complexity index is 1200. The van der Waals surface area contributed by atoms with Crippen molar-refractivity contribution in [3.63, 3.8) is 0 Å². The van der Waals surface area contributed by atoms with E-state index in [0.717, 1.165) is 15.4 Å². The van der Waals surface area contributed by atoms with Gasteiger partial charge < -0.3 is 4.74 Å². The first-order valence-corrected chi connectivity index (χ1v) is 12.4. The third kappa shape index (κ3) is 5.09. The summed E-state index contributed by atoms with van der Waals surface area (Å²) in [6.07, 6.45) is 2.21. The summed E-state index contributed by atoms with van der Waals surface area (Å²) in [6, 6.07) is 15.0. The number of hydrogen-bond donors (Lipinski definition) is 0. The van der Waals surface area contributed by atoms with Gasteiger partial charge in [-0.2, -0.15) is 0 Å². The van der Waals surface area contributed by atoms with Gasteiger partial charge >= 0.3 is 5.97 Å². The maximum absolute atomic E-state index is 13.6. The van der Waals surface area contributed by atoms with Crippen LogP contribution in [-0.2, 0) is 30.8 Å². The topological polar surface area (TPSA) is 80.8 Å². The highest BCUT2D eigenvalue weighted by molar-refractivity contribution is 7.89. The standard InChI is InChI=1S/C26H29NO5S/c1-5-24-22(23(26(29)32-6-2)17-20-10-8-7-9-11-20)16-19(4)25(28)27(24)33(30,31)21-14-12-18(3)13-15-21/h7-16,24H,5-6,17H2,1-4H3/b23-22-. The van der Waals surface area contributed by atoms with E-state index < -0.39 is 27.9 Å². The number of carbonyl (C=O) groups is 2. The van der Waals surface area contributed by atoms with E-state index in [0.29, 0.717) is 17.6 Å². The lowest BCUT2D eigenvalue weighted by Gasteiger charge is -2.36. The lowest BCUT2D eigenvalue weighted by atomic mass is 9.90. The van der Waals surface area contributed by atoms with Crippen LogP contribution in [0.15, 0.2) is 82.3 Å². The van der Waals surface area contributed by atoms with E-state index >= 15 is 0 Å². The smallest absolute Gasteiger partial charge is 0.334 e. The van der Waals surface area contributed by atoms with Gasteiger partial charge in [-0.05, 0) is 56.5 Å². The van der Waals surface area contributed by atoms with E-state index in [9.17, 15) is 18.0 Å². The molecule has 2 aromatic rings. The van der Waals surface area contributed by atoms with E-state index in [1.807, 2.05) is 37.3 Å². The van der Waals surface area contributed by atoms with Crippen LogP contribution in [0, 0.1) is 6.92 Å². The number of carbonyl (C=O) groups excluding carboxylic acids is 2. The summed E-state index contributed by atoms with van der Waals surface area (Å²) in [4.78, 5) is 26.2. The summed E-state index contributed by atoms with van der Waals surface area (Å²) < 4.78 is 33.4. The fourth-order valence-corrected chi connectivity index (χ4v) is 5.58. The minimum Gasteiger partial charge on any atom is -0.463 e. The van der Waals surface area contributed by atoms with Crippen molar-refractivity contribution >= 4 is 21.9 Å². The Kier molecular flexibility index (Phi) is 7.53. The van der Waals surface area contributed by atoms with E-state index in [1.165, 1.54) is 12.1 Å². The second-order valence-corrected chi connectivity index (χ2v) is 9.80. The zero-order valence-electron chi connectivity index (χ0n) is 19.4. The molecule has 1 amide bonds. The highest BCUT2D eigenvalue weighted by Gasteiger charge is 2.41. The first-order chi connectivity index (χ1) is 15.7. The molecule has 1 atom stereocenters. The van der Waals surface area contributed by atoms with Crippen LogP contribution in [0.5, 0.6) is 0 Å². The molecule has 1 aliphatic rings. The normalized spacial score (nSPS) is 18.1. The Labute approximate surface area is 195 Å². The predicted molar refractivity (Wildman–Crippen MR) is 127 cm³/mol. The number of sulfonamides is 1. The van der Waals surface area contributed by atoms with Crippen molar-refractivity contribution in [3.05, 3.63) is 88.5 Å². The summed E-state index contributed by atoms with van der Waals surface area (Å²) in [5.41, 5.74) is 2.90. The van der Waals surface area contributed by atoms with Crippen LogP contribution in [0.25, 0.3) is 0 Å². The van der Waals surface area contributed by atoms with Crippen molar-refractivity contribution in [3.8, 4) is 0 Å². The van der Waals surface area contributed by atoms with E-state index in [1.54, 1.807) is 39.0 Å². The minimum absolute atomic E-state index is 0.0368. The SMILES string of the molecule is CCOC(=O)/C(Cc1ccccc1)=C1/C=C(C)C(=O)N(S(=O)(=O)c2ccc(C)cc2)C1CC. The summed E-state index contributed by atoms with van der Waals surface area (Å²) in [5, 5.41) is 0. The zero-order chi connectivity index (χ0) is 24.2.